The highest BCUT2D eigenvalue weighted by molar-refractivity contribution is 7.14. The molecule has 0 aliphatic heterocycles. The van der Waals surface area contributed by atoms with E-state index in [0.29, 0.717) is 17.2 Å². The van der Waals surface area contributed by atoms with Gasteiger partial charge < -0.3 is 4.74 Å². The molecule has 0 unspecified atom stereocenters. The Balaban J connectivity index is 2.15. The van der Waals surface area contributed by atoms with Crippen LogP contribution in [0.15, 0.2) is 6.20 Å². The lowest BCUT2D eigenvalue weighted by Crippen LogP contribution is -2.22. The van der Waals surface area contributed by atoms with E-state index in [1.807, 2.05) is 23.0 Å². The SMILES string of the molecule is CCOC(=O)c1sc(/C=C/c2cn(C(C)(C)C)nn2)nc1C. The van der Waals surface area contributed by atoms with Gasteiger partial charge in [0.2, 0.25) is 0 Å². The second-order valence-electron chi connectivity index (χ2n) is 5.78. The molecule has 0 N–H and O–H groups in total. The maximum Gasteiger partial charge on any atom is 0.350 e. The number of aryl methyl sites for hydroxylation is 1. The summed E-state index contributed by atoms with van der Waals surface area (Å²) >= 11 is 1.31. The average Bonchev–Trinajstić information content (AvgIpc) is 3.02. The highest BCUT2D eigenvalue weighted by atomic mass is 32.1. The first-order chi connectivity index (χ1) is 10.3. The number of thiazole rings is 1. The Hall–Kier alpha value is -2.02. The van der Waals surface area contributed by atoms with Crippen molar-refractivity contribution in [2.24, 2.45) is 0 Å². The minimum atomic E-state index is -0.323. The lowest BCUT2D eigenvalue weighted by molar-refractivity contribution is 0.0531. The van der Waals surface area contributed by atoms with Crippen LogP contribution in [0, 0.1) is 6.92 Å². The summed E-state index contributed by atoms with van der Waals surface area (Å²) < 4.78 is 6.82. The molecule has 0 fully saturated rings. The molecule has 0 aliphatic rings. The number of ether oxygens (including phenoxy) is 1. The summed E-state index contributed by atoms with van der Waals surface area (Å²) in [7, 11) is 0. The van der Waals surface area contributed by atoms with Gasteiger partial charge in [-0.15, -0.1) is 16.4 Å². The zero-order valence-corrected chi connectivity index (χ0v) is 14.3. The molecule has 0 atom stereocenters. The van der Waals surface area contributed by atoms with Crippen LogP contribution in [0.3, 0.4) is 0 Å². The molecule has 118 valence electrons. The third-order valence-electron chi connectivity index (χ3n) is 2.87. The summed E-state index contributed by atoms with van der Waals surface area (Å²) in [6.45, 7) is 10.1. The fourth-order valence-corrected chi connectivity index (χ4v) is 2.58. The van der Waals surface area contributed by atoms with Crippen LogP contribution < -0.4 is 0 Å². The van der Waals surface area contributed by atoms with E-state index in [9.17, 15) is 4.79 Å². The summed E-state index contributed by atoms with van der Waals surface area (Å²) in [5.41, 5.74) is 1.33. The highest BCUT2D eigenvalue weighted by Gasteiger charge is 2.16. The minimum absolute atomic E-state index is 0.103. The van der Waals surface area contributed by atoms with Crippen molar-refractivity contribution >= 4 is 29.5 Å². The molecule has 0 bridgehead atoms. The van der Waals surface area contributed by atoms with Crippen LogP contribution in [0.5, 0.6) is 0 Å². The van der Waals surface area contributed by atoms with E-state index in [1.54, 1.807) is 13.8 Å². The van der Waals surface area contributed by atoms with Crippen LogP contribution in [0.25, 0.3) is 12.2 Å². The number of aromatic nitrogens is 4. The molecule has 2 heterocycles. The molecule has 0 saturated carbocycles. The van der Waals surface area contributed by atoms with E-state index < -0.39 is 0 Å². The molecule has 0 aromatic carbocycles. The Morgan fingerprint density at radius 2 is 2.14 bits per heavy atom. The number of carbonyl (C=O) groups excluding carboxylic acids is 1. The molecular formula is C15H20N4O2S. The normalized spacial score (nSPS) is 12.0. The van der Waals surface area contributed by atoms with E-state index in [4.69, 9.17) is 4.74 Å². The fraction of sp³-hybridized carbons (Fsp3) is 0.467. The molecule has 7 heteroatoms. The van der Waals surface area contributed by atoms with E-state index in [1.165, 1.54) is 11.3 Å². The topological polar surface area (TPSA) is 69.9 Å². The van der Waals surface area contributed by atoms with Crippen molar-refractivity contribution in [1.82, 2.24) is 20.0 Å². The maximum atomic E-state index is 11.8. The molecule has 6 nitrogen and oxygen atoms in total. The zero-order chi connectivity index (χ0) is 16.3. The van der Waals surface area contributed by atoms with Gasteiger partial charge in [0.15, 0.2) is 0 Å². The number of carbonyl (C=O) groups is 1. The number of hydrogen-bond donors (Lipinski definition) is 0. The first-order valence-corrected chi connectivity index (χ1v) is 7.88. The molecular weight excluding hydrogens is 300 g/mol. The van der Waals surface area contributed by atoms with Crippen molar-refractivity contribution in [2.75, 3.05) is 6.61 Å². The van der Waals surface area contributed by atoms with Gasteiger partial charge in [0.05, 0.1) is 24.0 Å². The van der Waals surface area contributed by atoms with Crippen LogP contribution in [-0.2, 0) is 10.3 Å². The van der Waals surface area contributed by atoms with Crippen LogP contribution in [-0.4, -0.2) is 32.6 Å². The van der Waals surface area contributed by atoms with Crippen molar-refractivity contribution in [2.45, 2.75) is 40.2 Å². The molecule has 0 saturated heterocycles. The third kappa shape index (κ3) is 3.79. The van der Waals surface area contributed by atoms with Gasteiger partial charge in [-0.2, -0.15) is 0 Å². The quantitative estimate of drug-likeness (QED) is 0.809. The van der Waals surface area contributed by atoms with Gasteiger partial charge in [0, 0.05) is 0 Å². The molecule has 0 spiro atoms. The van der Waals surface area contributed by atoms with Gasteiger partial charge in [-0.1, -0.05) is 5.21 Å². The van der Waals surface area contributed by atoms with Crippen LogP contribution >= 0.6 is 11.3 Å². The number of nitrogens with zero attached hydrogens (tertiary/aromatic N) is 4. The average molecular weight is 320 g/mol. The van der Waals surface area contributed by atoms with Crippen LogP contribution in [0.4, 0.5) is 0 Å². The predicted molar refractivity (Wildman–Crippen MR) is 86.8 cm³/mol. The minimum Gasteiger partial charge on any atom is -0.462 e. The first-order valence-electron chi connectivity index (χ1n) is 7.06. The predicted octanol–water partition coefficient (Wildman–Crippen LogP) is 3.15. The molecule has 22 heavy (non-hydrogen) atoms. The molecule has 2 aromatic rings. The summed E-state index contributed by atoms with van der Waals surface area (Å²) in [6, 6.07) is 0. The monoisotopic (exact) mass is 320 g/mol. The Bertz CT molecular complexity index is 695. The molecule has 0 radical (unpaired) electrons. The largest absolute Gasteiger partial charge is 0.462 e. The maximum absolute atomic E-state index is 11.8. The van der Waals surface area contributed by atoms with E-state index >= 15 is 0 Å². The Kier molecular flexibility index (Phi) is 4.75. The fourth-order valence-electron chi connectivity index (χ4n) is 1.71. The third-order valence-corrected chi connectivity index (χ3v) is 3.97. The Morgan fingerprint density at radius 3 is 2.73 bits per heavy atom. The number of esters is 1. The van der Waals surface area contributed by atoms with Gasteiger partial charge in [-0.3, -0.25) is 0 Å². The lowest BCUT2D eigenvalue weighted by atomic mass is 10.1. The van der Waals surface area contributed by atoms with Gasteiger partial charge in [-0.05, 0) is 46.8 Å². The van der Waals surface area contributed by atoms with E-state index in [2.05, 4.69) is 36.1 Å². The summed E-state index contributed by atoms with van der Waals surface area (Å²) in [5, 5.41) is 8.94. The van der Waals surface area contributed by atoms with Crippen molar-refractivity contribution in [3.8, 4) is 0 Å². The van der Waals surface area contributed by atoms with Gasteiger partial charge in [-0.25, -0.2) is 14.5 Å². The zero-order valence-electron chi connectivity index (χ0n) is 13.5. The Morgan fingerprint density at radius 1 is 1.41 bits per heavy atom. The number of hydrogen-bond acceptors (Lipinski definition) is 6. The van der Waals surface area contributed by atoms with Crippen LogP contribution in [0.1, 0.15) is 53.8 Å². The molecule has 0 aliphatic carbocycles. The second-order valence-corrected chi connectivity index (χ2v) is 6.81. The second kappa shape index (κ2) is 6.39. The van der Waals surface area contributed by atoms with Crippen molar-refractivity contribution < 1.29 is 9.53 Å². The van der Waals surface area contributed by atoms with Gasteiger partial charge in [0.25, 0.3) is 0 Å². The molecule has 0 amide bonds. The Labute approximate surface area is 133 Å². The van der Waals surface area contributed by atoms with Crippen LogP contribution in [0.2, 0.25) is 0 Å². The van der Waals surface area contributed by atoms with Crippen molar-refractivity contribution in [1.29, 1.82) is 0 Å². The standard InChI is InChI=1S/C15H20N4O2S/c1-6-21-14(20)13-10(2)16-12(22-13)8-7-11-9-19(18-17-11)15(3,4)5/h7-9H,6H2,1-5H3/b8-7+. The highest BCUT2D eigenvalue weighted by Crippen LogP contribution is 2.21. The van der Waals surface area contributed by atoms with E-state index in [-0.39, 0.29) is 11.5 Å². The van der Waals surface area contributed by atoms with Crippen molar-refractivity contribution in [3.63, 3.8) is 0 Å². The van der Waals surface area contributed by atoms with Gasteiger partial charge in [0.1, 0.15) is 15.6 Å². The first kappa shape index (κ1) is 16.4. The smallest absolute Gasteiger partial charge is 0.350 e. The number of rotatable bonds is 4. The molecule has 2 aromatic heterocycles. The molecule has 2 rings (SSSR count). The van der Waals surface area contributed by atoms with E-state index in [0.717, 1.165) is 10.7 Å². The lowest BCUT2D eigenvalue weighted by Gasteiger charge is -2.17. The summed E-state index contributed by atoms with van der Waals surface area (Å²) in [6.07, 6.45) is 5.54. The van der Waals surface area contributed by atoms with Crippen molar-refractivity contribution in [3.05, 3.63) is 27.5 Å². The summed E-state index contributed by atoms with van der Waals surface area (Å²) in [4.78, 5) is 16.7. The van der Waals surface area contributed by atoms with Gasteiger partial charge >= 0.3 is 5.97 Å². The summed E-state index contributed by atoms with van der Waals surface area (Å²) in [5.74, 6) is -0.323.